The summed E-state index contributed by atoms with van der Waals surface area (Å²) in [6.07, 6.45) is 0.728. The Morgan fingerprint density at radius 3 is 2.75 bits per heavy atom. The van der Waals surface area contributed by atoms with E-state index in [9.17, 15) is 23.1 Å². The quantitative estimate of drug-likeness (QED) is 0.428. The molecule has 1 unspecified atom stereocenters. The molecule has 1 aliphatic rings. The molecule has 3 heterocycles. The number of ether oxygens (including phenoxy) is 2. The highest BCUT2D eigenvalue weighted by atomic mass is 19.4. The van der Waals surface area contributed by atoms with Crippen LogP contribution < -0.4 is 10.2 Å². The van der Waals surface area contributed by atoms with Crippen molar-refractivity contribution in [3.8, 4) is 17.0 Å². The van der Waals surface area contributed by atoms with Crippen LogP contribution in [0.15, 0.2) is 55.1 Å². The lowest BCUT2D eigenvalue weighted by Crippen LogP contribution is -2.42. The number of rotatable bonds is 9. The van der Waals surface area contributed by atoms with Gasteiger partial charge in [-0.15, -0.1) is 0 Å². The predicted octanol–water partition coefficient (Wildman–Crippen LogP) is 2.89. The molecule has 0 fully saturated rings. The van der Waals surface area contributed by atoms with Gasteiger partial charge in [-0.3, -0.25) is 24.6 Å². The van der Waals surface area contributed by atoms with E-state index >= 15 is 0 Å². The van der Waals surface area contributed by atoms with E-state index in [4.69, 9.17) is 14.3 Å². The summed E-state index contributed by atoms with van der Waals surface area (Å²) in [5, 5.41) is 9.22. The second kappa shape index (κ2) is 11.4. The van der Waals surface area contributed by atoms with Crippen LogP contribution in [0.3, 0.4) is 0 Å². The third-order valence-electron chi connectivity index (χ3n) is 5.50. The Kier molecular flexibility index (Phi) is 8.08. The Balaban J connectivity index is 1.52. The van der Waals surface area contributed by atoms with E-state index in [0.29, 0.717) is 23.6 Å². The molecule has 4 rings (SSSR count). The minimum Gasteiger partial charge on any atom is -0.493 e. The third kappa shape index (κ3) is 6.53. The van der Waals surface area contributed by atoms with Gasteiger partial charge in [0.25, 0.3) is 5.91 Å². The molecule has 3 aromatic rings. The summed E-state index contributed by atoms with van der Waals surface area (Å²) in [5.41, 5.74) is 4.96. The number of nitrogens with one attached hydrogen (secondary N) is 1. The van der Waals surface area contributed by atoms with E-state index in [1.54, 1.807) is 18.2 Å². The zero-order chi connectivity index (χ0) is 25.5. The molecular weight excluding hydrogens is 481 g/mol. The Morgan fingerprint density at radius 1 is 1.19 bits per heavy atom. The van der Waals surface area contributed by atoms with E-state index < -0.39 is 37.3 Å². The molecule has 2 aromatic heterocycles. The lowest BCUT2D eigenvalue weighted by molar-refractivity contribution is -0.187. The van der Waals surface area contributed by atoms with E-state index in [1.165, 1.54) is 30.9 Å². The maximum atomic E-state index is 12.7. The van der Waals surface area contributed by atoms with Crippen LogP contribution in [0.5, 0.6) is 5.75 Å². The molecule has 0 aliphatic carbocycles. The van der Waals surface area contributed by atoms with Gasteiger partial charge < -0.3 is 14.6 Å². The number of fused-ring (bicyclic) bond motifs is 1. The number of carbonyl (C=O) groups is 1. The van der Waals surface area contributed by atoms with Gasteiger partial charge in [-0.2, -0.15) is 13.2 Å². The monoisotopic (exact) mass is 504 g/mol. The van der Waals surface area contributed by atoms with Gasteiger partial charge in [0.05, 0.1) is 49.2 Å². The number of hydroxylamine groups is 1. The van der Waals surface area contributed by atoms with Gasteiger partial charge in [0.1, 0.15) is 18.5 Å². The Bertz CT molecular complexity index is 1160. The molecule has 0 saturated heterocycles. The van der Waals surface area contributed by atoms with E-state index in [-0.39, 0.29) is 18.8 Å². The second-order valence-corrected chi connectivity index (χ2v) is 8.07. The number of carbonyl (C=O) groups excluding carboxylic acids is 1. The summed E-state index contributed by atoms with van der Waals surface area (Å²) in [5.74, 6) is -0.446. The number of pyridine rings is 1. The average molecular weight is 504 g/mol. The Hall–Kier alpha value is -3.61. The van der Waals surface area contributed by atoms with Gasteiger partial charge >= 0.3 is 6.18 Å². The lowest BCUT2D eigenvalue weighted by atomic mass is 9.88. The first-order valence-electron chi connectivity index (χ1n) is 11.0. The molecule has 190 valence electrons. The number of hydrogen-bond acceptors (Lipinski definition) is 8. The van der Waals surface area contributed by atoms with Crippen molar-refractivity contribution < 1.29 is 37.4 Å². The van der Waals surface area contributed by atoms with Crippen LogP contribution >= 0.6 is 0 Å². The number of amides is 1. The second-order valence-electron chi connectivity index (χ2n) is 8.07. The van der Waals surface area contributed by atoms with Gasteiger partial charge in [-0.05, 0) is 24.6 Å². The highest BCUT2D eigenvalue weighted by Crippen LogP contribution is 2.36. The van der Waals surface area contributed by atoms with Crippen LogP contribution in [-0.2, 0) is 22.6 Å². The number of nitrogens with zero attached hydrogens (tertiary/aromatic N) is 3. The fourth-order valence-corrected chi connectivity index (χ4v) is 3.73. The normalized spacial score (nSPS) is 16.1. The molecule has 2 N–H and O–H groups in total. The van der Waals surface area contributed by atoms with E-state index in [0.717, 1.165) is 11.1 Å². The molecule has 1 aromatic carbocycles. The number of aliphatic hydroxyl groups is 1. The largest absolute Gasteiger partial charge is 0.493 e. The van der Waals surface area contributed by atoms with Gasteiger partial charge in [-0.25, -0.2) is 5.48 Å². The van der Waals surface area contributed by atoms with Gasteiger partial charge in [0.15, 0.2) is 0 Å². The number of hydrogen-bond donors (Lipinski definition) is 2. The van der Waals surface area contributed by atoms with Crippen molar-refractivity contribution in [3.63, 3.8) is 0 Å². The SMILES string of the molecule is O=C(NOC(COCC(F)(F)F)[C@@H]1COc2cccc(-c3cnc(CO)cn3)c2C1)c1cccnc1. The van der Waals surface area contributed by atoms with Crippen molar-refractivity contribution >= 4 is 5.91 Å². The zero-order valence-electron chi connectivity index (χ0n) is 18.9. The highest BCUT2D eigenvalue weighted by molar-refractivity contribution is 5.93. The summed E-state index contributed by atoms with van der Waals surface area (Å²) in [7, 11) is 0. The molecule has 1 aliphatic heterocycles. The summed E-state index contributed by atoms with van der Waals surface area (Å²) in [6.45, 7) is -1.99. The first-order valence-corrected chi connectivity index (χ1v) is 11.0. The number of aliphatic hydroxyl groups excluding tert-OH is 1. The first kappa shape index (κ1) is 25.5. The van der Waals surface area contributed by atoms with Crippen LogP contribution in [0.4, 0.5) is 13.2 Å². The van der Waals surface area contributed by atoms with Crippen molar-refractivity contribution in [3.05, 3.63) is 71.9 Å². The maximum absolute atomic E-state index is 12.7. The third-order valence-corrected chi connectivity index (χ3v) is 5.50. The molecule has 9 nitrogen and oxygen atoms in total. The smallest absolute Gasteiger partial charge is 0.411 e. The lowest BCUT2D eigenvalue weighted by Gasteiger charge is -2.32. The van der Waals surface area contributed by atoms with Gasteiger partial charge in [0.2, 0.25) is 0 Å². The summed E-state index contributed by atoms with van der Waals surface area (Å²) in [6, 6.07) is 8.50. The fraction of sp³-hybridized carbons (Fsp3) is 0.333. The standard InChI is InChI=1S/C24H23F3N4O5/c25-24(26,27)14-34-13-22(36-31-23(33)15-3-2-6-28-8-15)16-7-19-18(4-1-5-21(19)35-12-16)20-10-29-17(11-32)9-30-20/h1-6,8-10,16,22,32H,7,11-14H2,(H,31,33)/t16-,22?/m0/s1. The number of benzene rings is 1. The topological polar surface area (TPSA) is 116 Å². The van der Waals surface area contributed by atoms with Crippen molar-refractivity contribution in [1.82, 2.24) is 20.4 Å². The van der Waals surface area contributed by atoms with Crippen LogP contribution in [0.1, 0.15) is 21.6 Å². The summed E-state index contributed by atoms with van der Waals surface area (Å²) < 4.78 is 48.8. The van der Waals surface area contributed by atoms with Crippen LogP contribution in [0.2, 0.25) is 0 Å². The highest BCUT2D eigenvalue weighted by Gasteiger charge is 2.33. The molecule has 2 atom stereocenters. The molecular formula is C24H23F3N4O5. The Labute approximate surface area is 204 Å². The molecule has 0 saturated carbocycles. The first-order chi connectivity index (χ1) is 17.3. The van der Waals surface area contributed by atoms with Crippen molar-refractivity contribution in [2.24, 2.45) is 5.92 Å². The van der Waals surface area contributed by atoms with Crippen molar-refractivity contribution in [2.75, 3.05) is 19.8 Å². The molecule has 0 radical (unpaired) electrons. The Morgan fingerprint density at radius 2 is 2.06 bits per heavy atom. The number of alkyl halides is 3. The fourth-order valence-electron chi connectivity index (χ4n) is 3.73. The number of aromatic nitrogens is 3. The predicted molar refractivity (Wildman–Crippen MR) is 120 cm³/mol. The molecule has 12 heteroatoms. The van der Waals surface area contributed by atoms with Gasteiger partial charge in [-0.1, -0.05) is 12.1 Å². The minimum atomic E-state index is -4.51. The van der Waals surface area contributed by atoms with Crippen LogP contribution in [0.25, 0.3) is 11.3 Å². The summed E-state index contributed by atoms with van der Waals surface area (Å²) in [4.78, 5) is 30.3. The minimum absolute atomic E-state index is 0.133. The van der Waals surface area contributed by atoms with Crippen LogP contribution in [0, 0.1) is 5.92 Å². The van der Waals surface area contributed by atoms with Crippen molar-refractivity contribution in [2.45, 2.75) is 25.3 Å². The van der Waals surface area contributed by atoms with E-state index in [1.807, 2.05) is 6.07 Å². The molecule has 0 spiro atoms. The molecule has 36 heavy (non-hydrogen) atoms. The summed E-state index contributed by atoms with van der Waals surface area (Å²) >= 11 is 0. The molecule has 1 amide bonds. The van der Waals surface area contributed by atoms with E-state index in [2.05, 4.69) is 20.4 Å². The van der Waals surface area contributed by atoms with Crippen LogP contribution in [-0.4, -0.2) is 58.1 Å². The maximum Gasteiger partial charge on any atom is 0.411 e. The molecule has 0 bridgehead atoms. The van der Waals surface area contributed by atoms with Gasteiger partial charge in [0, 0.05) is 29.4 Å². The average Bonchev–Trinajstić information content (AvgIpc) is 2.89. The zero-order valence-corrected chi connectivity index (χ0v) is 18.9. The number of halogens is 3. The van der Waals surface area contributed by atoms with Crippen molar-refractivity contribution in [1.29, 1.82) is 0 Å².